The number of hydrogen-bond donors (Lipinski definition) is 1. The largest absolute Gasteiger partial charge is 0.327 e. The van der Waals surface area contributed by atoms with E-state index in [0.717, 1.165) is 28.9 Å². The Morgan fingerprint density at radius 3 is 2.54 bits per heavy atom. The molecular weight excluding hydrogens is 198 g/mol. The molecule has 4 atom stereocenters. The summed E-state index contributed by atoms with van der Waals surface area (Å²) in [5, 5.41) is 0.949. The van der Waals surface area contributed by atoms with Crippen LogP contribution in [0.25, 0.3) is 0 Å². The van der Waals surface area contributed by atoms with Crippen LogP contribution in [0.5, 0.6) is 0 Å². The van der Waals surface area contributed by atoms with E-state index in [-0.39, 0.29) is 0 Å². The second kappa shape index (κ2) is 3.07. The summed E-state index contributed by atoms with van der Waals surface area (Å²) in [4.78, 5) is 0. The molecule has 2 bridgehead atoms. The molecular formula is C10H17NS2. The summed E-state index contributed by atoms with van der Waals surface area (Å²) >= 11 is 0. The van der Waals surface area contributed by atoms with Gasteiger partial charge in [-0.1, -0.05) is 21.6 Å². The van der Waals surface area contributed by atoms with Gasteiger partial charge in [-0.2, -0.15) is 0 Å². The Balaban J connectivity index is 1.76. The van der Waals surface area contributed by atoms with E-state index in [1.165, 1.54) is 19.3 Å². The Kier molecular flexibility index (Phi) is 2.11. The summed E-state index contributed by atoms with van der Waals surface area (Å²) in [6.45, 7) is 0. The van der Waals surface area contributed by atoms with Gasteiger partial charge in [-0.3, -0.25) is 0 Å². The second-order valence-electron chi connectivity index (χ2n) is 4.86. The van der Waals surface area contributed by atoms with Gasteiger partial charge in [-0.25, -0.2) is 0 Å². The van der Waals surface area contributed by atoms with E-state index >= 15 is 0 Å². The molecule has 0 spiro atoms. The molecule has 0 aromatic heterocycles. The molecule has 0 radical (unpaired) electrons. The van der Waals surface area contributed by atoms with Crippen molar-refractivity contribution in [2.75, 3.05) is 6.26 Å². The van der Waals surface area contributed by atoms with Crippen LogP contribution in [0.15, 0.2) is 0 Å². The Bertz CT molecular complexity index is 215. The average Bonchev–Trinajstić information content (AvgIpc) is 2.77. The zero-order chi connectivity index (χ0) is 9.00. The third-order valence-corrected chi connectivity index (χ3v) is 6.63. The first-order chi connectivity index (χ1) is 6.31. The number of hydrogen-bond acceptors (Lipinski definition) is 3. The maximum atomic E-state index is 6.24. The fraction of sp³-hybridized carbons (Fsp3) is 1.00. The SMILES string of the molecule is CSSC1C2CC(C2)C(N)C2CC21. The summed E-state index contributed by atoms with van der Waals surface area (Å²) in [7, 11) is 4.08. The quantitative estimate of drug-likeness (QED) is 0.716. The maximum absolute atomic E-state index is 6.24. The molecule has 0 saturated heterocycles. The highest BCUT2D eigenvalue weighted by molar-refractivity contribution is 8.76. The molecule has 0 aliphatic heterocycles. The van der Waals surface area contributed by atoms with Crippen LogP contribution < -0.4 is 5.73 Å². The highest BCUT2D eigenvalue weighted by atomic mass is 33.1. The van der Waals surface area contributed by atoms with Gasteiger partial charge in [0.2, 0.25) is 0 Å². The first-order valence-electron chi connectivity index (χ1n) is 5.26. The van der Waals surface area contributed by atoms with Crippen molar-refractivity contribution in [3.8, 4) is 0 Å². The lowest BCUT2D eigenvalue weighted by atomic mass is 9.71. The monoisotopic (exact) mass is 215 g/mol. The van der Waals surface area contributed by atoms with Gasteiger partial charge in [0.25, 0.3) is 0 Å². The summed E-state index contributed by atoms with van der Waals surface area (Å²) in [6.07, 6.45) is 6.52. The molecule has 1 nitrogen and oxygen atoms in total. The lowest BCUT2D eigenvalue weighted by Crippen LogP contribution is -2.40. The van der Waals surface area contributed by atoms with Crippen LogP contribution in [0.2, 0.25) is 0 Å². The molecule has 4 aliphatic carbocycles. The Morgan fingerprint density at radius 1 is 1.08 bits per heavy atom. The molecule has 3 heteroatoms. The number of rotatable bonds is 2. The summed E-state index contributed by atoms with van der Waals surface area (Å²) < 4.78 is 0. The smallest absolute Gasteiger partial charge is 0.0211 e. The van der Waals surface area contributed by atoms with Gasteiger partial charge in [-0.15, -0.1) is 0 Å². The van der Waals surface area contributed by atoms with Crippen LogP contribution in [0.1, 0.15) is 19.3 Å². The van der Waals surface area contributed by atoms with Crippen molar-refractivity contribution in [2.24, 2.45) is 29.4 Å². The van der Waals surface area contributed by atoms with Gasteiger partial charge in [0.1, 0.15) is 0 Å². The second-order valence-corrected chi connectivity index (χ2v) is 7.51. The summed E-state index contributed by atoms with van der Waals surface area (Å²) in [5.74, 6) is 3.81. The summed E-state index contributed by atoms with van der Waals surface area (Å²) in [6, 6.07) is 0.564. The fourth-order valence-electron chi connectivity index (χ4n) is 3.31. The zero-order valence-electron chi connectivity index (χ0n) is 7.98. The predicted octanol–water partition coefficient (Wildman–Crippen LogP) is 2.37. The Labute approximate surface area is 88.0 Å². The van der Waals surface area contributed by atoms with Crippen LogP contribution in [-0.4, -0.2) is 17.5 Å². The first-order valence-corrected chi connectivity index (χ1v) is 7.88. The molecule has 0 aromatic carbocycles. The molecule has 13 heavy (non-hydrogen) atoms. The molecule has 74 valence electrons. The van der Waals surface area contributed by atoms with Crippen molar-refractivity contribution in [3.63, 3.8) is 0 Å². The Hall–Kier alpha value is 0.660. The lowest BCUT2D eigenvalue weighted by Gasteiger charge is -2.40. The van der Waals surface area contributed by atoms with Crippen LogP contribution in [-0.2, 0) is 0 Å². The van der Waals surface area contributed by atoms with Crippen molar-refractivity contribution in [3.05, 3.63) is 0 Å². The average molecular weight is 215 g/mol. The molecule has 0 aromatic rings. The van der Waals surface area contributed by atoms with Gasteiger partial charge in [0.15, 0.2) is 0 Å². The minimum atomic E-state index is 0.564. The molecule has 4 unspecified atom stereocenters. The molecule has 4 aliphatic rings. The van der Waals surface area contributed by atoms with Gasteiger partial charge < -0.3 is 5.73 Å². The predicted molar refractivity (Wildman–Crippen MR) is 60.7 cm³/mol. The topological polar surface area (TPSA) is 26.0 Å². The molecule has 4 saturated carbocycles. The van der Waals surface area contributed by atoms with Crippen molar-refractivity contribution in [1.82, 2.24) is 0 Å². The minimum Gasteiger partial charge on any atom is -0.327 e. The van der Waals surface area contributed by atoms with Crippen LogP contribution in [0.3, 0.4) is 0 Å². The maximum Gasteiger partial charge on any atom is 0.0211 e. The molecule has 2 N–H and O–H groups in total. The first kappa shape index (κ1) is 8.93. The van der Waals surface area contributed by atoms with Crippen LogP contribution >= 0.6 is 21.6 Å². The summed E-state index contributed by atoms with van der Waals surface area (Å²) in [5.41, 5.74) is 6.24. The van der Waals surface area contributed by atoms with Crippen LogP contribution in [0, 0.1) is 23.7 Å². The van der Waals surface area contributed by atoms with Gasteiger partial charge in [0.05, 0.1) is 0 Å². The van der Waals surface area contributed by atoms with Gasteiger partial charge in [0, 0.05) is 11.3 Å². The minimum absolute atomic E-state index is 0.564. The standard InChI is InChI=1S/C10H17NS2/c1-12-13-10-6-2-5(3-6)9(11)7-4-8(7)10/h5-10H,2-4,11H2,1H3. The molecule has 4 fully saturated rings. The van der Waals surface area contributed by atoms with Gasteiger partial charge >= 0.3 is 0 Å². The third kappa shape index (κ3) is 1.27. The van der Waals surface area contributed by atoms with Crippen LogP contribution in [0.4, 0.5) is 0 Å². The number of nitrogens with two attached hydrogens (primary N) is 1. The van der Waals surface area contributed by atoms with Gasteiger partial charge in [-0.05, 0) is 49.2 Å². The van der Waals surface area contributed by atoms with E-state index < -0.39 is 0 Å². The highest BCUT2D eigenvalue weighted by Gasteiger charge is 2.57. The van der Waals surface area contributed by atoms with E-state index in [1.807, 2.05) is 10.8 Å². The highest BCUT2D eigenvalue weighted by Crippen LogP contribution is 2.62. The third-order valence-electron chi connectivity index (χ3n) is 4.23. The fourth-order valence-corrected chi connectivity index (χ4v) is 5.93. The zero-order valence-corrected chi connectivity index (χ0v) is 9.61. The van der Waals surface area contributed by atoms with E-state index in [2.05, 4.69) is 17.0 Å². The molecule has 0 amide bonds. The van der Waals surface area contributed by atoms with E-state index in [0.29, 0.717) is 6.04 Å². The van der Waals surface area contributed by atoms with E-state index in [9.17, 15) is 0 Å². The van der Waals surface area contributed by atoms with E-state index in [4.69, 9.17) is 5.73 Å². The molecule has 0 heterocycles. The Morgan fingerprint density at radius 2 is 1.85 bits per heavy atom. The molecule has 4 rings (SSSR count). The van der Waals surface area contributed by atoms with Crippen molar-refractivity contribution in [2.45, 2.75) is 30.6 Å². The normalized spacial score (nSPS) is 57.7. The van der Waals surface area contributed by atoms with Crippen molar-refractivity contribution < 1.29 is 0 Å². The van der Waals surface area contributed by atoms with Crippen molar-refractivity contribution in [1.29, 1.82) is 0 Å². The lowest BCUT2D eigenvalue weighted by molar-refractivity contribution is 0.169. The van der Waals surface area contributed by atoms with E-state index in [1.54, 1.807) is 0 Å². The van der Waals surface area contributed by atoms with Crippen molar-refractivity contribution >= 4 is 21.6 Å².